The first-order chi connectivity index (χ1) is 8.16. The van der Waals surface area contributed by atoms with Gasteiger partial charge < -0.3 is 5.11 Å². The molecule has 0 unspecified atom stereocenters. The van der Waals surface area contributed by atoms with E-state index in [-0.39, 0.29) is 17.6 Å². The monoisotopic (exact) mass is 296 g/mol. The second kappa shape index (κ2) is 5.31. The maximum Gasteiger partial charge on any atom is 0.243 e. The molecule has 0 bridgehead atoms. The highest BCUT2D eigenvalue weighted by Crippen LogP contribution is 2.26. The highest BCUT2D eigenvalue weighted by Gasteiger charge is 2.24. The number of carbonyl (C=O) groups excluding carboxylic acids is 1. The smallest absolute Gasteiger partial charge is 0.243 e. The molecule has 0 radical (unpaired) electrons. The van der Waals surface area contributed by atoms with Crippen molar-refractivity contribution in [3.63, 3.8) is 0 Å². The predicted octanol–water partition coefficient (Wildman–Crippen LogP) is 2.40. The molecule has 1 aliphatic carbocycles. The fraction of sp³-hybridized carbons (Fsp3) is 0.333. The maximum absolute atomic E-state index is 11.5. The van der Waals surface area contributed by atoms with Gasteiger partial charge in [-0.2, -0.15) is 5.10 Å². The van der Waals surface area contributed by atoms with E-state index in [0.29, 0.717) is 5.56 Å². The molecule has 1 aliphatic rings. The third-order valence-corrected chi connectivity index (χ3v) is 3.34. The van der Waals surface area contributed by atoms with Gasteiger partial charge in [0.1, 0.15) is 5.75 Å². The van der Waals surface area contributed by atoms with Crippen LogP contribution in [0.3, 0.4) is 0 Å². The number of benzene rings is 1. The van der Waals surface area contributed by atoms with Crippen molar-refractivity contribution < 1.29 is 9.90 Å². The van der Waals surface area contributed by atoms with Crippen molar-refractivity contribution in [3.05, 3.63) is 28.2 Å². The van der Waals surface area contributed by atoms with Crippen LogP contribution in [0.4, 0.5) is 0 Å². The van der Waals surface area contributed by atoms with E-state index in [1.54, 1.807) is 18.2 Å². The lowest BCUT2D eigenvalue weighted by molar-refractivity contribution is -0.127. The van der Waals surface area contributed by atoms with Crippen LogP contribution >= 0.6 is 15.9 Å². The molecule has 4 nitrogen and oxygen atoms in total. The summed E-state index contributed by atoms with van der Waals surface area (Å²) >= 11 is 3.30. The predicted molar refractivity (Wildman–Crippen MR) is 68.9 cm³/mol. The Hall–Kier alpha value is -1.36. The first kappa shape index (κ1) is 12.1. The number of nitrogens with one attached hydrogen (secondary N) is 1. The lowest BCUT2D eigenvalue weighted by atomic mass is 9.85. The number of carbonyl (C=O) groups is 1. The van der Waals surface area contributed by atoms with Gasteiger partial charge in [-0.15, -0.1) is 0 Å². The van der Waals surface area contributed by atoms with E-state index in [1.165, 1.54) is 6.21 Å². The van der Waals surface area contributed by atoms with Gasteiger partial charge in [0.05, 0.1) is 6.21 Å². The molecule has 0 atom stereocenters. The van der Waals surface area contributed by atoms with Crippen LogP contribution in [0.2, 0.25) is 0 Å². The average molecular weight is 297 g/mol. The Morgan fingerprint density at radius 3 is 2.94 bits per heavy atom. The zero-order valence-corrected chi connectivity index (χ0v) is 10.8. The SMILES string of the molecule is O=C(N/N=C/c1cc(Br)ccc1O)C1CCC1. The Morgan fingerprint density at radius 1 is 1.53 bits per heavy atom. The lowest BCUT2D eigenvalue weighted by Crippen LogP contribution is -2.31. The van der Waals surface area contributed by atoms with E-state index in [2.05, 4.69) is 26.5 Å². The van der Waals surface area contributed by atoms with Crippen molar-refractivity contribution in [1.29, 1.82) is 0 Å². The quantitative estimate of drug-likeness (QED) is 0.665. The maximum atomic E-state index is 11.5. The standard InChI is InChI=1S/C12H13BrN2O2/c13-10-4-5-11(16)9(6-10)7-14-15-12(17)8-2-1-3-8/h4-8,16H,1-3H2,(H,15,17)/b14-7+. The van der Waals surface area contributed by atoms with E-state index >= 15 is 0 Å². The first-order valence-electron chi connectivity index (χ1n) is 5.48. The zero-order chi connectivity index (χ0) is 12.3. The Kier molecular flexibility index (Phi) is 3.78. The molecule has 1 aromatic carbocycles. The molecular formula is C12H13BrN2O2. The number of aromatic hydroxyl groups is 1. The van der Waals surface area contributed by atoms with Gasteiger partial charge in [-0.1, -0.05) is 22.4 Å². The first-order valence-corrected chi connectivity index (χ1v) is 6.27. The molecule has 0 saturated heterocycles. The average Bonchev–Trinajstić information content (AvgIpc) is 2.20. The molecule has 2 rings (SSSR count). The van der Waals surface area contributed by atoms with Gasteiger partial charge in [-0.25, -0.2) is 5.43 Å². The van der Waals surface area contributed by atoms with Crippen LogP contribution in [0.1, 0.15) is 24.8 Å². The second-order valence-corrected chi connectivity index (χ2v) is 4.98. The molecule has 0 spiro atoms. The molecule has 0 aromatic heterocycles. The highest BCUT2D eigenvalue weighted by atomic mass is 79.9. The minimum Gasteiger partial charge on any atom is -0.507 e. The van der Waals surface area contributed by atoms with Crippen molar-refractivity contribution in [3.8, 4) is 5.75 Å². The van der Waals surface area contributed by atoms with Gasteiger partial charge >= 0.3 is 0 Å². The number of amides is 1. The molecule has 17 heavy (non-hydrogen) atoms. The van der Waals surface area contributed by atoms with Crippen molar-refractivity contribution in [2.75, 3.05) is 0 Å². The minimum atomic E-state index is -0.0398. The van der Waals surface area contributed by atoms with Crippen LogP contribution in [0.15, 0.2) is 27.8 Å². The molecule has 1 aromatic rings. The largest absolute Gasteiger partial charge is 0.507 e. The summed E-state index contributed by atoms with van der Waals surface area (Å²) in [6.07, 6.45) is 4.46. The molecular weight excluding hydrogens is 284 g/mol. The van der Waals surface area contributed by atoms with Crippen LogP contribution in [-0.2, 0) is 4.79 Å². The summed E-state index contributed by atoms with van der Waals surface area (Å²) in [7, 11) is 0. The molecule has 90 valence electrons. The summed E-state index contributed by atoms with van der Waals surface area (Å²) < 4.78 is 0.849. The van der Waals surface area contributed by atoms with Crippen molar-refractivity contribution in [1.82, 2.24) is 5.43 Å². The number of rotatable bonds is 3. The van der Waals surface area contributed by atoms with Crippen LogP contribution in [0.5, 0.6) is 5.75 Å². The summed E-state index contributed by atoms with van der Waals surface area (Å²) in [6.45, 7) is 0. The number of nitrogens with zero attached hydrogens (tertiary/aromatic N) is 1. The highest BCUT2D eigenvalue weighted by molar-refractivity contribution is 9.10. The minimum absolute atomic E-state index is 0.0398. The number of halogens is 1. The molecule has 1 saturated carbocycles. The van der Waals surface area contributed by atoms with Gasteiger partial charge in [-0.3, -0.25) is 4.79 Å². The molecule has 1 fully saturated rings. The van der Waals surface area contributed by atoms with Crippen LogP contribution in [0.25, 0.3) is 0 Å². The normalized spacial score (nSPS) is 15.8. The fourth-order valence-corrected chi connectivity index (χ4v) is 1.93. The van der Waals surface area contributed by atoms with Crippen LogP contribution < -0.4 is 5.43 Å². The van der Waals surface area contributed by atoms with Crippen molar-refractivity contribution in [2.24, 2.45) is 11.0 Å². The molecule has 2 N–H and O–H groups in total. The summed E-state index contributed by atoms with van der Waals surface area (Å²) in [4.78, 5) is 11.5. The Morgan fingerprint density at radius 2 is 2.29 bits per heavy atom. The molecule has 1 amide bonds. The van der Waals surface area contributed by atoms with E-state index in [1.807, 2.05) is 0 Å². The summed E-state index contributed by atoms with van der Waals surface area (Å²) in [5.74, 6) is 0.208. The van der Waals surface area contributed by atoms with Gasteiger partial charge in [0.2, 0.25) is 5.91 Å². The number of hydrogen-bond donors (Lipinski definition) is 2. The molecule has 0 heterocycles. The Labute approximate surface area is 108 Å². The van der Waals surface area contributed by atoms with Crippen molar-refractivity contribution in [2.45, 2.75) is 19.3 Å². The number of hydrazone groups is 1. The number of phenols is 1. The summed E-state index contributed by atoms with van der Waals surface area (Å²) in [5.41, 5.74) is 3.05. The van der Waals surface area contributed by atoms with E-state index in [0.717, 1.165) is 23.7 Å². The Balaban J connectivity index is 1.95. The number of phenolic OH excluding ortho intramolecular Hbond substituents is 1. The van der Waals surface area contributed by atoms with Gasteiger partial charge in [0.15, 0.2) is 0 Å². The zero-order valence-electron chi connectivity index (χ0n) is 9.19. The van der Waals surface area contributed by atoms with Gasteiger partial charge in [-0.05, 0) is 31.0 Å². The summed E-state index contributed by atoms with van der Waals surface area (Å²) in [6, 6.07) is 5.03. The van der Waals surface area contributed by atoms with Crippen molar-refractivity contribution >= 4 is 28.1 Å². The van der Waals surface area contributed by atoms with E-state index in [4.69, 9.17) is 0 Å². The third kappa shape index (κ3) is 3.06. The Bertz CT molecular complexity index is 456. The molecule has 0 aliphatic heterocycles. The van der Waals surface area contributed by atoms with E-state index < -0.39 is 0 Å². The van der Waals surface area contributed by atoms with E-state index in [9.17, 15) is 9.90 Å². The summed E-state index contributed by atoms with van der Waals surface area (Å²) in [5, 5.41) is 13.4. The van der Waals surface area contributed by atoms with Crippen LogP contribution in [0, 0.1) is 5.92 Å². The topological polar surface area (TPSA) is 61.7 Å². The van der Waals surface area contributed by atoms with Gasteiger partial charge in [0, 0.05) is 16.0 Å². The second-order valence-electron chi connectivity index (χ2n) is 4.07. The lowest BCUT2D eigenvalue weighted by Gasteiger charge is -2.22. The fourth-order valence-electron chi connectivity index (χ4n) is 1.56. The van der Waals surface area contributed by atoms with Gasteiger partial charge in [0.25, 0.3) is 0 Å². The molecule has 5 heteroatoms. The number of hydrogen-bond acceptors (Lipinski definition) is 3. The van der Waals surface area contributed by atoms with Crippen LogP contribution in [-0.4, -0.2) is 17.2 Å². The third-order valence-electron chi connectivity index (χ3n) is 2.84.